The van der Waals surface area contributed by atoms with Crippen LogP contribution in [0, 0.1) is 0 Å². The number of hydrogen-bond donors (Lipinski definition) is 1. The Morgan fingerprint density at radius 3 is 2.38 bits per heavy atom. The summed E-state index contributed by atoms with van der Waals surface area (Å²) in [6.45, 7) is 1.25. The molecule has 0 aliphatic carbocycles. The van der Waals surface area contributed by atoms with Crippen molar-refractivity contribution in [2.45, 2.75) is 0 Å². The zero-order valence-electron chi connectivity index (χ0n) is 8.28. The predicted molar refractivity (Wildman–Crippen MR) is 64.0 cm³/mol. The Morgan fingerprint density at radius 2 is 1.81 bits per heavy atom. The molecule has 4 nitrogen and oxygen atoms in total. The number of halogens is 2. The van der Waals surface area contributed by atoms with E-state index in [1.807, 2.05) is 12.2 Å². The molecule has 0 unspecified atom stereocenters. The van der Waals surface area contributed by atoms with E-state index in [0.717, 1.165) is 0 Å². The predicted octanol–water partition coefficient (Wildman–Crippen LogP) is 2.79. The molecule has 6 heteroatoms. The Hall–Kier alpha value is -1.26. The standard InChI is InChI=1S/C10H9Cl2N3O/c11-8-5-7(6-9(12)14-8)13-10(16)15-3-1-2-4-15/h1-2,5-6H,3-4H2,(H,13,14,16). The van der Waals surface area contributed by atoms with Gasteiger partial charge < -0.3 is 10.2 Å². The smallest absolute Gasteiger partial charge is 0.317 e. The number of nitrogens with zero attached hydrogens (tertiary/aromatic N) is 2. The monoisotopic (exact) mass is 257 g/mol. The van der Waals surface area contributed by atoms with Crippen molar-refractivity contribution in [3.05, 3.63) is 34.6 Å². The van der Waals surface area contributed by atoms with Crippen molar-refractivity contribution >= 4 is 34.9 Å². The number of aromatic nitrogens is 1. The molecule has 2 rings (SSSR count). The third-order valence-corrected chi connectivity index (χ3v) is 2.51. The maximum Gasteiger partial charge on any atom is 0.322 e. The van der Waals surface area contributed by atoms with Gasteiger partial charge in [0.1, 0.15) is 10.3 Å². The number of amides is 2. The summed E-state index contributed by atoms with van der Waals surface area (Å²) in [5, 5.41) is 3.21. The lowest BCUT2D eigenvalue weighted by molar-refractivity contribution is 0.224. The number of pyridine rings is 1. The lowest BCUT2D eigenvalue weighted by Crippen LogP contribution is -2.32. The molecule has 0 aromatic carbocycles. The Morgan fingerprint density at radius 1 is 1.25 bits per heavy atom. The third kappa shape index (κ3) is 2.65. The maximum atomic E-state index is 11.7. The lowest BCUT2D eigenvalue weighted by atomic mass is 10.4. The fourth-order valence-corrected chi connectivity index (χ4v) is 1.84. The van der Waals surface area contributed by atoms with Crippen LogP contribution < -0.4 is 5.32 Å². The molecule has 1 N–H and O–H groups in total. The van der Waals surface area contributed by atoms with Crippen LogP contribution in [-0.4, -0.2) is 29.0 Å². The molecule has 1 aromatic rings. The second-order valence-corrected chi connectivity index (χ2v) is 4.08. The van der Waals surface area contributed by atoms with Crippen molar-refractivity contribution in [3.63, 3.8) is 0 Å². The number of carbonyl (C=O) groups excluding carboxylic acids is 1. The average Bonchev–Trinajstić information content (AvgIpc) is 2.68. The summed E-state index contributed by atoms with van der Waals surface area (Å²) < 4.78 is 0. The first-order valence-electron chi connectivity index (χ1n) is 4.69. The maximum absolute atomic E-state index is 11.7. The highest BCUT2D eigenvalue weighted by Gasteiger charge is 2.14. The summed E-state index contributed by atoms with van der Waals surface area (Å²) in [6, 6.07) is 2.92. The van der Waals surface area contributed by atoms with E-state index >= 15 is 0 Å². The molecule has 0 spiro atoms. The number of hydrogen-bond acceptors (Lipinski definition) is 2. The molecule has 1 aliphatic heterocycles. The SMILES string of the molecule is O=C(Nc1cc(Cl)nc(Cl)c1)N1CC=CC1. The van der Waals surface area contributed by atoms with Crippen molar-refractivity contribution in [2.24, 2.45) is 0 Å². The second-order valence-electron chi connectivity index (χ2n) is 3.31. The van der Waals surface area contributed by atoms with Crippen LogP contribution in [0.15, 0.2) is 24.3 Å². The van der Waals surface area contributed by atoms with Gasteiger partial charge in [0.15, 0.2) is 0 Å². The molecular weight excluding hydrogens is 249 g/mol. The topological polar surface area (TPSA) is 45.2 Å². The number of anilines is 1. The molecule has 2 heterocycles. The van der Waals surface area contributed by atoms with Crippen molar-refractivity contribution in [3.8, 4) is 0 Å². The van der Waals surface area contributed by atoms with Gasteiger partial charge in [-0.05, 0) is 12.1 Å². The van der Waals surface area contributed by atoms with Gasteiger partial charge in [0.2, 0.25) is 0 Å². The van der Waals surface area contributed by atoms with Crippen molar-refractivity contribution in [1.29, 1.82) is 0 Å². The third-order valence-electron chi connectivity index (χ3n) is 2.12. The Kier molecular flexibility index (Phi) is 3.31. The van der Waals surface area contributed by atoms with Crippen LogP contribution in [0.2, 0.25) is 10.3 Å². The minimum atomic E-state index is -0.177. The van der Waals surface area contributed by atoms with Gasteiger partial charge in [-0.3, -0.25) is 0 Å². The first kappa shape index (κ1) is 11.2. The average molecular weight is 258 g/mol. The van der Waals surface area contributed by atoms with Crippen LogP contribution in [-0.2, 0) is 0 Å². The van der Waals surface area contributed by atoms with E-state index < -0.39 is 0 Å². The van der Waals surface area contributed by atoms with E-state index in [4.69, 9.17) is 23.2 Å². The number of rotatable bonds is 1. The molecule has 0 atom stereocenters. The molecule has 2 amide bonds. The minimum Gasteiger partial charge on any atom is -0.317 e. The zero-order valence-corrected chi connectivity index (χ0v) is 9.79. The molecule has 1 aromatic heterocycles. The number of urea groups is 1. The van der Waals surface area contributed by atoms with Gasteiger partial charge in [-0.25, -0.2) is 9.78 Å². The lowest BCUT2D eigenvalue weighted by Gasteiger charge is -2.16. The van der Waals surface area contributed by atoms with Crippen LogP contribution in [0.25, 0.3) is 0 Å². The molecule has 1 aliphatic rings. The number of carbonyl (C=O) groups is 1. The highest BCUT2D eigenvalue weighted by Crippen LogP contribution is 2.19. The summed E-state index contributed by atoms with van der Waals surface area (Å²) in [4.78, 5) is 17.2. The van der Waals surface area contributed by atoms with Gasteiger partial charge >= 0.3 is 6.03 Å². The van der Waals surface area contributed by atoms with Crippen LogP contribution in [0.3, 0.4) is 0 Å². The first-order chi connectivity index (χ1) is 7.65. The van der Waals surface area contributed by atoms with E-state index in [0.29, 0.717) is 18.8 Å². The molecule has 0 saturated heterocycles. The molecule has 0 radical (unpaired) electrons. The molecule has 0 bridgehead atoms. The van der Waals surface area contributed by atoms with Crippen LogP contribution in [0.5, 0.6) is 0 Å². The molecule has 0 fully saturated rings. The van der Waals surface area contributed by atoms with Crippen LogP contribution >= 0.6 is 23.2 Å². The summed E-state index contributed by atoms with van der Waals surface area (Å²) in [6.07, 6.45) is 3.87. The van der Waals surface area contributed by atoms with Crippen molar-refractivity contribution in [2.75, 3.05) is 18.4 Å². The highest BCUT2D eigenvalue weighted by atomic mass is 35.5. The molecule has 16 heavy (non-hydrogen) atoms. The fraction of sp³-hybridized carbons (Fsp3) is 0.200. The minimum absolute atomic E-state index is 0.177. The molecular formula is C10H9Cl2N3O. The summed E-state index contributed by atoms with van der Waals surface area (Å²) in [5.74, 6) is 0. The van der Waals surface area contributed by atoms with Gasteiger partial charge in [0.05, 0.1) is 0 Å². The van der Waals surface area contributed by atoms with E-state index in [1.54, 1.807) is 17.0 Å². The van der Waals surface area contributed by atoms with Gasteiger partial charge in [-0.15, -0.1) is 0 Å². The van der Waals surface area contributed by atoms with E-state index in [9.17, 15) is 4.79 Å². The normalized spacial score (nSPS) is 14.2. The van der Waals surface area contributed by atoms with E-state index in [2.05, 4.69) is 10.3 Å². The summed E-state index contributed by atoms with van der Waals surface area (Å²) >= 11 is 11.4. The van der Waals surface area contributed by atoms with Crippen molar-refractivity contribution in [1.82, 2.24) is 9.88 Å². The van der Waals surface area contributed by atoms with Crippen molar-refractivity contribution < 1.29 is 4.79 Å². The Bertz CT molecular complexity index is 419. The quantitative estimate of drug-likeness (QED) is 0.621. The van der Waals surface area contributed by atoms with E-state index in [1.165, 1.54) is 0 Å². The van der Waals surface area contributed by atoms with Crippen LogP contribution in [0.1, 0.15) is 0 Å². The first-order valence-corrected chi connectivity index (χ1v) is 5.45. The van der Waals surface area contributed by atoms with Crippen LogP contribution in [0.4, 0.5) is 10.5 Å². The highest BCUT2D eigenvalue weighted by molar-refractivity contribution is 6.32. The van der Waals surface area contributed by atoms with Gasteiger partial charge in [0.25, 0.3) is 0 Å². The summed E-state index contributed by atoms with van der Waals surface area (Å²) in [7, 11) is 0. The zero-order chi connectivity index (χ0) is 11.5. The number of nitrogens with one attached hydrogen (secondary N) is 1. The van der Waals surface area contributed by atoms with Gasteiger partial charge in [0, 0.05) is 18.8 Å². The van der Waals surface area contributed by atoms with E-state index in [-0.39, 0.29) is 16.3 Å². The second kappa shape index (κ2) is 4.72. The largest absolute Gasteiger partial charge is 0.322 e. The fourth-order valence-electron chi connectivity index (χ4n) is 1.38. The summed E-state index contributed by atoms with van der Waals surface area (Å²) in [5.41, 5.74) is 0.543. The van der Waals surface area contributed by atoms with Gasteiger partial charge in [-0.1, -0.05) is 35.4 Å². The molecule has 84 valence electrons. The Labute approximate surface area is 103 Å². The molecule has 0 saturated carbocycles. The van der Waals surface area contributed by atoms with Gasteiger partial charge in [-0.2, -0.15) is 0 Å². The Balaban J connectivity index is 2.05.